The Hall–Kier alpha value is -3.83. The first-order valence-electron chi connectivity index (χ1n) is 11.5. The van der Waals surface area contributed by atoms with Crippen molar-refractivity contribution < 1.29 is 66.7 Å². The van der Waals surface area contributed by atoms with Gasteiger partial charge in [0.2, 0.25) is 0 Å². The normalized spacial score (nSPS) is 14.2. The Bertz CT molecular complexity index is 1590. The van der Waals surface area contributed by atoms with Gasteiger partial charge < -0.3 is 10.2 Å². The van der Waals surface area contributed by atoms with Gasteiger partial charge in [0, 0.05) is 28.3 Å². The van der Waals surface area contributed by atoms with E-state index in [1.165, 1.54) is 18.2 Å². The first-order chi connectivity index (χ1) is 19.9. The predicted molar refractivity (Wildman–Crippen MR) is 133 cm³/mol. The molecule has 0 aliphatic carbocycles. The molecule has 1 unspecified atom stereocenters. The Balaban J connectivity index is 2.09. The zero-order chi connectivity index (χ0) is 33.6. The number of carbonyl (C=O) groups is 2. The van der Waals surface area contributed by atoms with Crippen molar-refractivity contribution >= 4 is 39.1 Å². The highest BCUT2D eigenvalue weighted by Gasteiger charge is 2.82. The van der Waals surface area contributed by atoms with Crippen LogP contribution >= 0.6 is 15.9 Å². The van der Waals surface area contributed by atoms with E-state index in [2.05, 4.69) is 15.9 Å². The second-order valence-corrected chi connectivity index (χ2v) is 9.81. The van der Waals surface area contributed by atoms with Crippen LogP contribution in [0, 0.1) is 5.82 Å². The second kappa shape index (κ2) is 11.6. The van der Waals surface area contributed by atoms with Crippen molar-refractivity contribution in [3.8, 4) is 0 Å². The lowest BCUT2D eigenvalue weighted by molar-refractivity contribution is -0.389. The third kappa shape index (κ3) is 6.21. The number of benzene rings is 3. The molecule has 0 heterocycles. The van der Waals surface area contributed by atoms with Gasteiger partial charge in [0.15, 0.2) is 0 Å². The lowest BCUT2D eigenvalue weighted by Crippen LogP contribution is -2.59. The maximum absolute atomic E-state index is 14.9. The van der Waals surface area contributed by atoms with E-state index in [1.807, 2.05) is 0 Å². The summed E-state index contributed by atoms with van der Waals surface area (Å²) in [6, 6.07) is 7.74. The molecular weight excluding hydrogens is 699 g/mol. The summed E-state index contributed by atoms with van der Waals surface area (Å²) in [6.45, 7) is 0. The number of hydrogen-bond donors (Lipinski definition) is 1. The SMILES string of the molecule is CN(C(=O)c1ccccc1F)c1cccc(C(=O)Nc2c(Br)cc(C(F)(C(F)(F)F)C(F)(F)C(F)(F)F)cc2C(F)(F)F)c1. The van der Waals surface area contributed by atoms with Crippen LogP contribution in [-0.4, -0.2) is 37.1 Å². The molecule has 3 rings (SSSR count). The number of alkyl halides is 12. The molecule has 3 aromatic carbocycles. The van der Waals surface area contributed by atoms with Gasteiger partial charge >= 0.3 is 30.1 Å². The molecule has 44 heavy (non-hydrogen) atoms. The molecular formula is C26H14BrF13N2O2. The third-order valence-corrected chi connectivity index (χ3v) is 6.74. The van der Waals surface area contributed by atoms with Gasteiger partial charge in [0.1, 0.15) is 5.82 Å². The summed E-state index contributed by atoms with van der Waals surface area (Å²) in [5.74, 6) is -10.5. The monoisotopic (exact) mass is 712 g/mol. The largest absolute Gasteiger partial charge is 0.457 e. The molecule has 0 fully saturated rings. The Morgan fingerprint density at radius 3 is 1.89 bits per heavy atom. The molecule has 0 saturated carbocycles. The van der Waals surface area contributed by atoms with E-state index in [1.54, 1.807) is 5.32 Å². The molecule has 3 aromatic rings. The highest BCUT2D eigenvalue weighted by molar-refractivity contribution is 9.10. The second-order valence-electron chi connectivity index (χ2n) is 8.96. The van der Waals surface area contributed by atoms with Crippen molar-refractivity contribution in [1.29, 1.82) is 0 Å². The number of hydrogen-bond acceptors (Lipinski definition) is 2. The average molecular weight is 713 g/mol. The number of anilines is 2. The summed E-state index contributed by atoms with van der Waals surface area (Å²) < 4.78 is 176. The molecule has 0 saturated heterocycles. The van der Waals surface area contributed by atoms with Gasteiger partial charge in [-0.3, -0.25) is 9.59 Å². The minimum atomic E-state index is -7.25. The fourth-order valence-electron chi connectivity index (χ4n) is 3.85. The smallest absolute Gasteiger partial charge is 0.320 e. The van der Waals surface area contributed by atoms with Crippen LogP contribution in [0.25, 0.3) is 0 Å². The zero-order valence-electron chi connectivity index (χ0n) is 21.3. The molecule has 1 atom stereocenters. The van der Waals surface area contributed by atoms with E-state index >= 15 is 0 Å². The number of amides is 2. The molecule has 238 valence electrons. The standard InChI is InChI=1S/C26H14BrF13N2O2/c1-42(21(44)15-7-2-3-8-18(15)28)14-6-4-5-12(9-14)20(43)41-19-16(23(30,31)32)10-13(11-17(19)27)22(29,25(35,36)37)24(33,34)26(38,39)40/h2-11H,1H3,(H,41,43). The molecule has 0 bridgehead atoms. The van der Waals surface area contributed by atoms with Crippen molar-refractivity contribution in [2.45, 2.75) is 30.1 Å². The minimum absolute atomic E-state index is 0.0990. The number of nitrogens with one attached hydrogen (secondary N) is 1. The van der Waals surface area contributed by atoms with E-state index in [9.17, 15) is 66.7 Å². The minimum Gasteiger partial charge on any atom is -0.320 e. The fraction of sp³-hybridized carbons (Fsp3) is 0.231. The Labute approximate surface area is 246 Å². The van der Waals surface area contributed by atoms with Gasteiger partial charge in [-0.2, -0.15) is 48.3 Å². The molecule has 2 amide bonds. The quantitative estimate of drug-likeness (QED) is 0.260. The van der Waals surface area contributed by atoms with Crippen molar-refractivity contribution in [2.24, 2.45) is 0 Å². The number of nitrogens with zero attached hydrogens (tertiary/aromatic N) is 1. The van der Waals surface area contributed by atoms with Crippen molar-refractivity contribution in [3.05, 3.63) is 93.2 Å². The van der Waals surface area contributed by atoms with Crippen LogP contribution in [0.4, 0.5) is 68.5 Å². The Kier molecular flexibility index (Phi) is 9.13. The highest BCUT2D eigenvalue weighted by atomic mass is 79.9. The molecule has 1 N–H and O–H groups in total. The molecule has 4 nitrogen and oxygen atoms in total. The first kappa shape index (κ1) is 34.7. The van der Waals surface area contributed by atoms with E-state index in [0.29, 0.717) is 0 Å². The summed E-state index contributed by atoms with van der Waals surface area (Å²) in [6.07, 6.45) is -20.1. The van der Waals surface area contributed by atoms with Crippen LogP contribution < -0.4 is 10.2 Å². The molecule has 0 aliphatic rings. The summed E-state index contributed by atoms with van der Waals surface area (Å²) in [4.78, 5) is 26.4. The first-order valence-corrected chi connectivity index (χ1v) is 12.3. The molecule has 0 spiro atoms. The molecule has 0 aromatic heterocycles. The molecule has 0 radical (unpaired) electrons. The van der Waals surface area contributed by atoms with Gasteiger partial charge in [-0.1, -0.05) is 18.2 Å². The lowest BCUT2D eigenvalue weighted by atomic mass is 9.86. The maximum Gasteiger partial charge on any atom is 0.457 e. The van der Waals surface area contributed by atoms with E-state index < -0.39 is 86.7 Å². The molecule has 0 aliphatic heterocycles. The van der Waals surface area contributed by atoms with Crippen LogP contribution in [0.15, 0.2) is 65.1 Å². The van der Waals surface area contributed by atoms with Crippen LogP contribution in [0.3, 0.4) is 0 Å². The summed E-state index contributed by atoms with van der Waals surface area (Å²) in [5.41, 5.74) is -14.3. The lowest BCUT2D eigenvalue weighted by Gasteiger charge is -2.36. The third-order valence-electron chi connectivity index (χ3n) is 6.12. The number of halogens is 14. The van der Waals surface area contributed by atoms with Crippen LogP contribution in [0.2, 0.25) is 0 Å². The topological polar surface area (TPSA) is 49.4 Å². The zero-order valence-corrected chi connectivity index (χ0v) is 22.9. The van der Waals surface area contributed by atoms with Gasteiger partial charge in [0.25, 0.3) is 11.8 Å². The summed E-state index contributed by atoms with van der Waals surface area (Å²) in [7, 11) is 1.16. The number of carbonyl (C=O) groups excluding carboxylic acids is 2. The highest BCUT2D eigenvalue weighted by Crippen LogP contribution is 2.59. The van der Waals surface area contributed by atoms with Crippen molar-refractivity contribution in [3.63, 3.8) is 0 Å². The average Bonchev–Trinajstić information content (AvgIpc) is 2.91. The summed E-state index contributed by atoms with van der Waals surface area (Å²) in [5, 5.41) is 1.64. The van der Waals surface area contributed by atoms with Crippen LogP contribution in [-0.2, 0) is 11.8 Å². The van der Waals surface area contributed by atoms with Crippen molar-refractivity contribution in [1.82, 2.24) is 0 Å². The fourth-order valence-corrected chi connectivity index (χ4v) is 4.41. The Morgan fingerprint density at radius 2 is 1.36 bits per heavy atom. The van der Waals surface area contributed by atoms with Crippen LogP contribution in [0.5, 0.6) is 0 Å². The van der Waals surface area contributed by atoms with Crippen LogP contribution in [0.1, 0.15) is 31.8 Å². The number of rotatable bonds is 6. The Morgan fingerprint density at radius 1 is 0.773 bits per heavy atom. The van der Waals surface area contributed by atoms with Gasteiger partial charge in [-0.15, -0.1) is 0 Å². The van der Waals surface area contributed by atoms with Gasteiger partial charge in [-0.25, -0.2) is 8.78 Å². The van der Waals surface area contributed by atoms with E-state index in [4.69, 9.17) is 0 Å². The van der Waals surface area contributed by atoms with E-state index in [0.717, 1.165) is 42.3 Å². The van der Waals surface area contributed by atoms with E-state index in [-0.39, 0.29) is 11.3 Å². The maximum atomic E-state index is 14.9. The van der Waals surface area contributed by atoms with Gasteiger partial charge in [-0.05, 0) is 58.4 Å². The van der Waals surface area contributed by atoms with Crippen molar-refractivity contribution in [2.75, 3.05) is 17.3 Å². The van der Waals surface area contributed by atoms with Gasteiger partial charge in [0.05, 0.1) is 16.8 Å². The summed E-state index contributed by atoms with van der Waals surface area (Å²) >= 11 is 2.29. The predicted octanol–water partition coefficient (Wildman–Crippen LogP) is 9.06. The molecule has 18 heteroatoms.